The number of hydrogen-bond acceptors (Lipinski definition) is 5. The van der Waals surface area contributed by atoms with Crippen LogP contribution >= 0.6 is 0 Å². The first-order valence-corrected chi connectivity index (χ1v) is 9.13. The van der Waals surface area contributed by atoms with Crippen molar-refractivity contribution in [3.05, 3.63) is 30.4 Å². The number of rotatable bonds is 4. The van der Waals surface area contributed by atoms with Crippen LogP contribution in [0.4, 0.5) is 0 Å². The van der Waals surface area contributed by atoms with Crippen molar-refractivity contribution < 1.29 is 8.42 Å². The average Bonchev–Trinajstić information content (AvgIpc) is 3.01. The van der Waals surface area contributed by atoms with Crippen LogP contribution in [0.25, 0.3) is 11.4 Å². The number of nitrogens with zero attached hydrogens (tertiary/aromatic N) is 4. The van der Waals surface area contributed by atoms with E-state index in [2.05, 4.69) is 20.2 Å². The van der Waals surface area contributed by atoms with E-state index in [4.69, 9.17) is 0 Å². The Balaban J connectivity index is 1.72. The molecule has 1 fully saturated rings. The second kappa shape index (κ2) is 6.13. The smallest absolute Gasteiger partial charge is 0.211 e. The predicted octanol–water partition coefficient (Wildman–Crippen LogP) is 1.08. The fraction of sp³-hybridized carbons (Fsp3) is 0.500. The van der Waals surface area contributed by atoms with Crippen LogP contribution in [0, 0.1) is 5.92 Å². The number of aromatic amines is 1. The summed E-state index contributed by atoms with van der Waals surface area (Å²) in [6, 6.07) is 1.85. The zero-order chi connectivity index (χ0) is 15.6. The Kier molecular flexibility index (Phi) is 4.21. The minimum atomic E-state index is -3.11. The molecule has 0 amide bonds. The summed E-state index contributed by atoms with van der Waals surface area (Å²) in [5.74, 6) is 0.287. The van der Waals surface area contributed by atoms with Crippen molar-refractivity contribution in [3.63, 3.8) is 0 Å². The van der Waals surface area contributed by atoms with Crippen molar-refractivity contribution in [2.75, 3.05) is 19.3 Å². The van der Waals surface area contributed by atoms with Gasteiger partial charge in [-0.05, 0) is 31.2 Å². The minimum Gasteiger partial charge on any atom is -0.276 e. The van der Waals surface area contributed by atoms with Gasteiger partial charge in [-0.15, -0.1) is 0 Å². The van der Waals surface area contributed by atoms with Crippen molar-refractivity contribution in [1.29, 1.82) is 0 Å². The Bertz CT molecular complexity index is 729. The predicted molar refractivity (Wildman–Crippen MR) is 82.5 cm³/mol. The Labute approximate surface area is 129 Å². The topological polar surface area (TPSA) is 91.8 Å². The molecular formula is C14H19N5O2S. The molecule has 3 heterocycles. The normalized spacial score (nSPS) is 20.1. The lowest BCUT2D eigenvalue weighted by Crippen LogP contribution is -2.39. The van der Waals surface area contributed by atoms with Crippen molar-refractivity contribution in [2.24, 2.45) is 5.92 Å². The fourth-order valence-electron chi connectivity index (χ4n) is 2.82. The molecule has 7 nitrogen and oxygen atoms in total. The summed E-state index contributed by atoms with van der Waals surface area (Å²) in [6.45, 7) is 1.18. The molecule has 0 bridgehead atoms. The number of piperidine rings is 1. The quantitative estimate of drug-likeness (QED) is 0.910. The molecule has 2 aromatic rings. The Morgan fingerprint density at radius 1 is 1.41 bits per heavy atom. The van der Waals surface area contributed by atoms with E-state index in [-0.39, 0.29) is 5.92 Å². The van der Waals surface area contributed by atoms with E-state index >= 15 is 0 Å². The highest BCUT2D eigenvalue weighted by atomic mass is 32.2. The lowest BCUT2D eigenvalue weighted by molar-refractivity contribution is 0.265. The van der Waals surface area contributed by atoms with Gasteiger partial charge in [-0.2, -0.15) is 5.10 Å². The summed E-state index contributed by atoms with van der Waals surface area (Å²) in [4.78, 5) is 8.83. The molecule has 22 heavy (non-hydrogen) atoms. The summed E-state index contributed by atoms with van der Waals surface area (Å²) >= 11 is 0. The minimum absolute atomic E-state index is 0.287. The molecule has 8 heteroatoms. The van der Waals surface area contributed by atoms with Crippen LogP contribution in [0.2, 0.25) is 0 Å². The highest BCUT2D eigenvalue weighted by Gasteiger charge is 2.26. The van der Waals surface area contributed by atoms with Gasteiger partial charge < -0.3 is 0 Å². The molecule has 1 unspecified atom stereocenters. The van der Waals surface area contributed by atoms with Gasteiger partial charge in [-0.3, -0.25) is 10.1 Å². The van der Waals surface area contributed by atoms with E-state index in [0.717, 1.165) is 36.3 Å². The average molecular weight is 321 g/mol. The SMILES string of the molecule is CS(=O)(=O)N1CCCC(Cc2cncc(-c3ccn[nH]3)n2)C1. The number of hydrogen-bond donors (Lipinski definition) is 1. The summed E-state index contributed by atoms with van der Waals surface area (Å²) in [5, 5.41) is 6.79. The van der Waals surface area contributed by atoms with E-state index in [9.17, 15) is 8.42 Å². The van der Waals surface area contributed by atoms with Crippen LogP contribution < -0.4 is 0 Å². The van der Waals surface area contributed by atoms with Crippen molar-refractivity contribution in [2.45, 2.75) is 19.3 Å². The highest BCUT2D eigenvalue weighted by molar-refractivity contribution is 7.88. The van der Waals surface area contributed by atoms with E-state index in [1.807, 2.05) is 6.07 Å². The van der Waals surface area contributed by atoms with Gasteiger partial charge >= 0.3 is 0 Å². The third-order valence-electron chi connectivity index (χ3n) is 3.91. The molecule has 0 radical (unpaired) electrons. The van der Waals surface area contributed by atoms with Crippen LogP contribution in [0.5, 0.6) is 0 Å². The van der Waals surface area contributed by atoms with E-state index in [1.165, 1.54) is 6.26 Å². The molecule has 1 atom stereocenters. The summed E-state index contributed by atoms with van der Waals surface area (Å²) in [5.41, 5.74) is 2.47. The molecule has 3 rings (SSSR count). The first-order chi connectivity index (χ1) is 10.5. The molecule has 1 N–H and O–H groups in total. The molecule has 1 aliphatic heterocycles. The Morgan fingerprint density at radius 2 is 2.27 bits per heavy atom. The molecule has 0 aromatic carbocycles. The third kappa shape index (κ3) is 3.50. The van der Waals surface area contributed by atoms with Crippen molar-refractivity contribution in [3.8, 4) is 11.4 Å². The van der Waals surface area contributed by atoms with Crippen molar-refractivity contribution >= 4 is 10.0 Å². The molecule has 0 spiro atoms. The van der Waals surface area contributed by atoms with Crippen LogP contribution in [0.15, 0.2) is 24.7 Å². The second-order valence-electron chi connectivity index (χ2n) is 5.70. The van der Waals surface area contributed by atoms with Crippen LogP contribution in [0.3, 0.4) is 0 Å². The monoisotopic (exact) mass is 321 g/mol. The van der Waals surface area contributed by atoms with E-state index in [1.54, 1.807) is 22.9 Å². The fourth-order valence-corrected chi connectivity index (χ4v) is 3.77. The maximum Gasteiger partial charge on any atom is 0.211 e. The molecule has 1 aliphatic rings. The van der Waals surface area contributed by atoms with E-state index < -0.39 is 10.0 Å². The zero-order valence-electron chi connectivity index (χ0n) is 12.4. The lowest BCUT2D eigenvalue weighted by atomic mass is 9.95. The van der Waals surface area contributed by atoms with Gasteiger partial charge in [0.25, 0.3) is 0 Å². The molecular weight excluding hydrogens is 302 g/mol. The first kappa shape index (κ1) is 15.1. The number of aromatic nitrogens is 4. The first-order valence-electron chi connectivity index (χ1n) is 7.28. The zero-order valence-corrected chi connectivity index (χ0v) is 13.3. The molecule has 0 aliphatic carbocycles. The summed E-state index contributed by atoms with van der Waals surface area (Å²) in [6.07, 6.45) is 9.04. The maximum absolute atomic E-state index is 11.7. The second-order valence-corrected chi connectivity index (χ2v) is 7.68. The standard InChI is InChI=1S/C14H19N5O2S/c1-22(20,21)19-6-2-3-11(10-19)7-12-8-15-9-14(17-12)13-4-5-16-18-13/h4-5,8-9,11H,2-3,6-7,10H2,1H3,(H,16,18). The largest absolute Gasteiger partial charge is 0.276 e. The van der Waals surface area contributed by atoms with Crippen LogP contribution in [-0.2, 0) is 16.4 Å². The van der Waals surface area contributed by atoms with Gasteiger partial charge in [0.05, 0.1) is 23.8 Å². The van der Waals surface area contributed by atoms with Gasteiger partial charge in [-0.25, -0.2) is 17.7 Å². The van der Waals surface area contributed by atoms with Crippen LogP contribution in [0.1, 0.15) is 18.5 Å². The third-order valence-corrected chi connectivity index (χ3v) is 5.18. The molecule has 118 valence electrons. The van der Waals surface area contributed by atoms with Crippen molar-refractivity contribution in [1.82, 2.24) is 24.5 Å². The Hall–Kier alpha value is -1.80. The van der Waals surface area contributed by atoms with Gasteiger partial charge in [0.2, 0.25) is 10.0 Å². The van der Waals surface area contributed by atoms with Gasteiger partial charge in [0.1, 0.15) is 5.69 Å². The van der Waals surface area contributed by atoms with Gasteiger partial charge in [0, 0.05) is 25.5 Å². The summed E-state index contributed by atoms with van der Waals surface area (Å²) in [7, 11) is -3.11. The lowest BCUT2D eigenvalue weighted by Gasteiger charge is -2.30. The molecule has 1 saturated heterocycles. The number of nitrogens with one attached hydrogen (secondary N) is 1. The van der Waals surface area contributed by atoms with Gasteiger partial charge in [-0.1, -0.05) is 0 Å². The maximum atomic E-state index is 11.7. The molecule has 2 aromatic heterocycles. The van der Waals surface area contributed by atoms with Crippen LogP contribution in [-0.4, -0.2) is 52.2 Å². The van der Waals surface area contributed by atoms with E-state index in [0.29, 0.717) is 13.1 Å². The Morgan fingerprint density at radius 3 is 3.00 bits per heavy atom. The molecule has 0 saturated carbocycles. The summed E-state index contributed by atoms with van der Waals surface area (Å²) < 4.78 is 24.9. The highest BCUT2D eigenvalue weighted by Crippen LogP contribution is 2.22. The number of sulfonamides is 1. The van der Waals surface area contributed by atoms with Gasteiger partial charge in [0.15, 0.2) is 0 Å². The number of H-pyrrole nitrogens is 1.